The number of ether oxygens (including phenoxy) is 1. The van der Waals surface area contributed by atoms with Crippen LogP contribution in [0.15, 0.2) is 22.7 Å². The van der Waals surface area contributed by atoms with E-state index in [1.807, 2.05) is 12.1 Å². The molecule has 1 heterocycles. The third-order valence-electron chi connectivity index (χ3n) is 2.99. The van der Waals surface area contributed by atoms with Crippen molar-refractivity contribution in [3.05, 3.63) is 28.2 Å². The molecule has 1 aromatic carbocycles. The van der Waals surface area contributed by atoms with Gasteiger partial charge >= 0.3 is 0 Å². The van der Waals surface area contributed by atoms with Gasteiger partial charge in [-0.1, -0.05) is 28.9 Å². The van der Waals surface area contributed by atoms with Crippen molar-refractivity contribution >= 4 is 15.9 Å². The minimum atomic E-state index is -0.105. The number of halogens is 1. The largest absolute Gasteiger partial charge is 0.488 e. The van der Waals surface area contributed by atoms with Gasteiger partial charge in [0, 0.05) is 22.5 Å². The Morgan fingerprint density at radius 3 is 3.06 bits per heavy atom. The summed E-state index contributed by atoms with van der Waals surface area (Å²) in [6, 6.07) is 6.36. The Balaban J connectivity index is 2.23. The highest BCUT2D eigenvalue weighted by molar-refractivity contribution is 9.10. The molecule has 0 saturated carbocycles. The maximum absolute atomic E-state index is 9.26. The molecule has 0 bridgehead atoms. The number of hydrogen-bond donors (Lipinski definition) is 2. The topological polar surface area (TPSA) is 41.5 Å². The van der Waals surface area contributed by atoms with Crippen molar-refractivity contribution in [2.45, 2.75) is 31.9 Å². The normalized spacial score (nSPS) is 23.0. The Kier molecular flexibility index (Phi) is 4.42. The molecule has 0 spiro atoms. The van der Waals surface area contributed by atoms with Crippen molar-refractivity contribution in [2.75, 3.05) is 13.2 Å². The number of hydrogen-bond acceptors (Lipinski definition) is 3. The van der Waals surface area contributed by atoms with Crippen LogP contribution in [-0.4, -0.2) is 24.4 Å². The van der Waals surface area contributed by atoms with Gasteiger partial charge in [-0.2, -0.15) is 0 Å². The second kappa shape index (κ2) is 5.85. The highest BCUT2D eigenvalue weighted by Gasteiger charge is 2.27. The summed E-state index contributed by atoms with van der Waals surface area (Å²) in [5, 5.41) is 12.8. The number of benzene rings is 1. The molecule has 17 heavy (non-hydrogen) atoms. The Hall–Kier alpha value is -0.580. The van der Waals surface area contributed by atoms with E-state index < -0.39 is 0 Å². The Bertz CT molecular complexity index is 384. The first kappa shape index (κ1) is 12.9. The van der Waals surface area contributed by atoms with Crippen LogP contribution in [0.3, 0.4) is 0 Å². The lowest BCUT2D eigenvalue weighted by Gasteiger charge is -2.32. The van der Waals surface area contributed by atoms with Gasteiger partial charge in [0.15, 0.2) is 0 Å². The van der Waals surface area contributed by atoms with E-state index in [0.29, 0.717) is 0 Å². The number of fused-ring (bicyclic) bond motifs is 1. The maximum Gasteiger partial charge on any atom is 0.125 e. The fourth-order valence-corrected chi connectivity index (χ4v) is 2.48. The average Bonchev–Trinajstić information content (AvgIpc) is 2.34. The number of aliphatic hydroxyl groups is 1. The summed E-state index contributed by atoms with van der Waals surface area (Å²) in [7, 11) is 0. The molecular weight excluding hydrogens is 282 g/mol. The molecule has 0 radical (unpaired) electrons. The molecule has 3 nitrogen and oxygen atoms in total. The van der Waals surface area contributed by atoms with Crippen molar-refractivity contribution in [3.8, 4) is 5.75 Å². The summed E-state index contributed by atoms with van der Waals surface area (Å²) in [6.07, 6.45) is 1.82. The summed E-state index contributed by atoms with van der Waals surface area (Å²) >= 11 is 3.44. The zero-order chi connectivity index (χ0) is 12.3. The van der Waals surface area contributed by atoms with Crippen LogP contribution in [-0.2, 0) is 0 Å². The molecule has 0 saturated heterocycles. The molecule has 4 heteroatoms. The third kappa shape index (κ3) is 3.00. The molecule has 2 atom stereocenters. The standard InChI is InChI=1S/C13H18BrNO2/c1-2-5-15-12-7-10(8-16)17-13-6-9(14)3-4-11(12)13/h3-4,6,10,12,15-16H,2,5,7-8H2,1H3. The van der Waals surface area contributed by atoms with Crippen molar-refractivity contribution in [1.82, 2.24) is 5.32 Å². The van der Waals surface area contributed by atoms with Crippen LogP contribution >= 0.6 is 15.9 Å². The molecule has 0 aromatic heterocycles. The quantitative estimate of drug-likeness (QED) is 0.898. The smallest absolute Gasteiger partial charge is 0.125 e. The van der Waals surface area contributed by atoms with E-state index in [2.05, 4.69) is 34.2 Å². The number of nitrogens with one attached hydrogen (secondary N) is 1. The maximum atomic E-state index is 9.26. The molecule has 94 valence electrons. The van der Waals surface area contributed by atoms with E-state index in [1.165, 1.54) is 5.56 Å². The van der Waals surface area contributed by atoms with Crippen LogP contribution in [0.25, 0.3) is 0 Å². The van der Waals surface area contributed by atoms with Gasteiger partial charge in [0.05, 0.1) is 6.61 Å². The monoisotopic (exact) mass is 299 g/mol. The number of aliphatic hydroxyl groups excluding tert-OH is 1. The predicted molar refractivity (Wildman–Crippen MR) is 71.3 cm³/mol. The van der Waals surface area contributed by atoms with Gasteiger partial charge in [-0.3, -0.25) is 0 Å². The molecule has 2 unspecified atom stereocenters. The second-order valence-corrected chi connectivity index (χ2v) is 5.26. The highest BCUT2D eigenvalue weighted by atomic mass is 79.9. The summed E-state index contributed by atoms with van der Waals surface area (Å²) in [4.78, 5) is 0. The summed E-state index contributed by atoms with van der Waals surface area (Å²) in [5.74, 6) is 0.873. The lowest BCUT2D eigenvalue weighted by atomic mass is 9.96. The van der Waals surface area contributed by atoms with E-state index in [4.69, 9.17) is 4.74 Å². The molecule has 0 fully saturated rings. The van der Waals surface area contributed by atoms with Crippen molar-refractivity contribution in [1.29, 1.82) is 0 Å². The Morgan fingerprint density at radius 1 is 1.53 bits per heavy atom. The van der Waals surface area contributed by atoms with E-state index in [0.717, 1.165) is 29.6 Å². The van der Waals surface area contributed by atoms with E-state index >= 15 is 0 Å². The van der Waals surface area contributed by atoms with Crippen LogP contribution in [0.4, 0.5) is 0 Å². The lowest BCUT2D eigenvalue weighted by molar-refractivity contribution is 0.0834. The molecule has 2 rings (SSSR count). The third-order valence-corrected chi connectivity index (χ3v) is 3.48. The Morgan fingerprint density at radius 2 is 2.35 bits per heavy atom. The SMILES string of the molecule is CCCNC1CC(CO)Oc2cc(Br)ccc21. The fraction of sp³-hybridized carbons (Fsp3) is 0.538. The minimum absolute atomic E-state index is 0.0657. The van der Waals surface area contributed by atoms with Gasteiger partial charge in [-0.15, -0.1) is 0 Å². The zero-order valence-electron chi connectivity index (χ0n) is 9.95. The lowest BCUT2D eigenvalue weighted by Crippen LogP contribution is -2.35. The van der Waals surface area contributed by atoms with Crippen molar-refractivity contribution in [2.24, 2.45) is 0 Å². The predicted octanol–water partition coefficient (Wildman–Crippen LogP) is 2.63. The van der Waals surface area contributed by atoms with E-state index in [1.54, 1.807) is 0 Å². The summed E-state index contributed by atoms with van der Waals surface area (Å²) < 4.78 is 6.76. The first-order valence-electron chi connectivity index (χ1n) is 6.05. The van der Waals surface area contributed by atoms with Gasteiger partial charge in [-0.25, -0.2) is 0 Å². The van der Waals surface area contributed by atoms with Crippen LogP contribution in [0.5, 0.6) is 5.75 Å². The molecule has 0 aliphatic carbocycles. The van der Waals surface area contributed by atoms with Gasteiger partial charge in [0.2, 0.25) is 0 Å². The molecule has 1 aliphatic rings. The van der Waals surface area contributed by atoms with E-state index in [9.17, 15) is 5.11 Å². The van der Waals surface area contributed by atoms with Crippen LogP contribution in [0.1, 0.15) is 31.4 Å². The van der Waals surface area contributed by atoms with Gasteiger partial charge in [0.25, 0.3) is 0 Å². The molecule has 1 aliphatic heterocycles. The van der Waals surface area contributed by atoms with Gasteiger partial charge in [-0.05, 0) is 25.1 Å². The molecule has 1 aromatic rings. The van der Waals surface area contributed by atoms with Crippen LogP contribution in [0.2, 0.25) is 0 Å². The molecule has 0 amide bonds. The van der Waals surface area contributed by atoms with Gasteiger partial charge in [0.1, 0.15) is 11.9 Å². The molecular formula is C13H18BrNO2. The van der Waals surface area contributed by atoms with Crippen LogP contribution < -0.4 is 10.1 Å². The highest BCUT2D eigenvalue weighted by Crippen LogP contribution is 2.36. The summed E-state index contributed by atoms with van der Waals surface area (Å²) in [6.45, 7) is 3.20. The first-order chi connectivity index (χ1) is 8.24. The van der Waals surface area contributed by atoms with E-state index in [-0.39, 0.29) is 18.8 Å². The van der Waals surface area contributed by atoms with Crippen molar-refractivity contribution < 1.29 is 9.84 Å². The zero-order valence-corrected chi connectivity index (χ0v) is 11.5. The van der Waals surface area contributed by atoms with Crippen molar-refractivity contribution in [3.63, 3.8) is 0 Å². The minimum Gasteiger partial charge on any atom is -0.488 e. The number of rotatable bonds is 4. The fourth-order valence-electron chi connectivity index (χ4n) is 2.14. The first-order valence-corrected chi connectivity index (χ1v) is 6.84. The van der Waals surface area contributed by atoms with Crippen LogP contribution in [0, 0.1) is 0 Å². The second-order valence-electron chi connectivity index (χ2n) is 4.35. The van der Waals surface area contributed by atoms with Gasteiger partial charge < -0.3 is 15.2 Å². The summed E-state index contributed by atoms with van der Waals surface area (Å²) in [5.41, 5.74) is 1.19. The average molecular weight is 300 g/mol. The molecule has 2 N–H and O–H groups in total. The Labute approximate surface area is 110 Å².